The minimum atomic E-state index is -0.657. The van der Waals surface area contributed by atoms with Crippen molar-refractivity contribution in [3.8, 4) is 0 Å². The van der Waals surface area contributed by atoms with Gasteiger partial charge in [0.05, 0.1) is 5.41 Å². The molecular formula is C15H20O2. The molecule has 1 aromatic rings. The average molecular weight is 232 g/mol. The van der Waals surface area contributed by atoms with Gasteiger partial charge in [-0.1, -0.05) is 38.5 Å². The predicted molar refractivity (Wildman–Crippen MR) is 68.4 cm³/mol. The highest BCUT2D eigenvalue weighted by atomic mass is 16.4. The summed E-state index contributed by atoms with van der Waals surface area (Å²) in [6.07, 6.45) is 4.60. The second kappa shape index (κ2) is 4.52. The number of carboxylic acid groups (broad SMARTS) is 1. The summed E-state index contributed by atoms with van der Waals surface area (Å²) in [6, 6.07) is 6.24. The van der Waals surface area contributed by atoms with Crippen molar-refractivity contribution in [3.05, 3.63) is 34.9 Å². The van der Waals surface area contributed by atoms with Gasteiger partial charge in [0.2, 0.25) is 0 Å². The zero-order valence-electron chi connectivity index (χ0n) is 10.6. The van der Waals surface area contributed by atoms with Crippen LogP contribution in [0.4, 0.5) is 0 Å². The minimum Gasteiger partial charge on any atom is -0.481 e. The van der Waals surface area contributed by atoms with E-state index in [1.54, 1.807) is 0 Å². The maximum absolute atomic E-state index is 11.5. The molecule has 0 radical (unpaired) electrons. The van der Waals surface area contributed by atoms with E-state index in [1.807, 2.05) is 6.07 Å². The molecule has 1 aliphatic rings. The van der Waals surface area contributed by atoms with Gasteiger partial charge in [-0.15, -0.1) is 0 Å². The van der Waals surface area contributed by atoms with Crippen LogP contribution in [0.3, 0.4) is 0 Å². The van der Waals surface area contributed by atoms with Crippen molar-refractivity contribution in [3.63, 3.8) is 0 Å². The topological polar surface area (TPSA) is 37.3 Å². The summed E-state index contributed by atoms with van der Waals surface area (Å²) in [6.45, 7) is 4.27. The summed E-state index contributed by atoms with van der Waals surface area (Å²) < 4.78 is 0. The maximum atomic E-state index is 11.5. The molecule has 2 nitrogen and oxygen atoms in total. The predicted octanol–water partition coefficient (Wildman–Crippen LogP) is 3.32. The fourth-order valence-corrected chi connectivity index (χ4v) is 2.75. The smallest absolute Gasteiger partial charge is 0.314 e. The first-order chi connectivity index (χ1) is 8.14. The number of hydrogen-bond donors (Lipinski definition) is 1. The van der Waals surface area contributed by atoms with Gasteiger partial charge in [-0.3, -0.25) is 4.79 Å². The van der Waals surface area contributed by atoms with Crippen molar-refractivity contribution in [1.29, 1.82) is 0 Å². The second-order valence-corrected chi connectivity index (χ2v) is 4.93. The van der Waals surface area contributed by atoms with Crippen LogP contribution in [0, 0.1) is 0 Å². The summed E-state index contributed by atoms with van der Waals surface area (Å²) in [7, 11) is 0. The molecule has 0 aromatic heterocycles. The van der Waals surface area contributed by atoms with Crippen LogP contribution in [-0.2, 0) is 23.1 Å². The average Bonchev–Trinajstić information content (AvgIpc) is 2.26. The molecule has 2 rings (SSSR count). The summed E-state index contributed by atoms with van der Waals surface area (Å²) in [5, 5.41) is 9.43. The Morgan fingerprint density at radius 1 is 1.24 bits per heavy atom. The van der Waals surface area contributed by atoms with Crippen molar-refractivity contribution in [2.24, 2.45) is 0 Å². The quantitative estimate of drug-likeness (QED) is 0.864. The van der Waals surface area contributed by atoms with Crippen molar-refractivity contribution in [2.45, 2.75) is 51.4 Å². The lowest BCUT2D eigenvalue weighted by Gasteiger charge is -2.38. The third kappa shape index (κ3) is 1.86. The fraction of sp³-hybridized carbons (Fsp3) is 0.533. The second-order valence-electron chi connectivity index (χ2n) is 4.93. The Labute approximate surface area is 103 Å². The van der Waals surface area contributed by atoms with E-state index in [0.29, 0.717) is 0 Å². The molecule has 1 aliphatic carbocycles. The van der Waals surface area contributed by atoms with E-state index in [0.717, 1.165) is 37.7 Å². The first-order valence-corrected chi connectivity index (χ1v) is 6.49. The molecule has 17 heavy (non-hydrogen) atoms. The van der Waals surface area contributed by atoms with Crippen molar-refractivity contribution < 1.29 is 9.90 Å². The van der Waals surface area contributed by atoms with Gasteiger partial charge in [-0.05, 0) is 42.4 Å². The van der Waals surface area contributed by atoms with E-state index in [1.165, 1.54) is 11.1 Å². The molecule has 0 aliphatic heterocycles. The molecule has 92 valence electrons. The third-order valence-corrected chi connectivity index (χ3v) is 4.14. The number of carboxylic acids is 1. The lowest BCUT2D eigenvalue weighted by atomic mass is 9.64. The standard InChI is InChI=1S/C15H20O2/c1-3-11-6-7-13(10-12(11)4-2)15(14(16)17)8-5-9-15/h6-7,10H,3-5,8-9H2,1-2H3,(H,16,17). The molecule has 0 bridgehead atoms. The van der Waals surface area contributed by atoms with Crippen LogP contribution in [0.2, 0.25) is 0 Å². The Balaban J connectivity index is 2.42. The van der Waals surface area contributed by atoms with E-state index < -0.39 is 11.4 Å². The Bertz CT molecular complexity index is 431. The number of benzene rings is 1. The number of aliphatic carboxylic acids is 1. The molecule has 0 atom stereocenters. The highest BCUT2D eigenvalue weighted by Crippen LogP contribution is 2.44. The zero-order chi connectivity index (χ0) is 12.5. The molecule has 0 heterocycles. The summed E-state index contributed by atoms with van der Waals surface area (Å²) in [5.41, 5.74) is 3.06. The van der Waals surface area contributed by atoms with Gasteiger partial charge in [-0.2, -0.15) is 0 Å². The number of hydrogen-bond acceptors (Lipinski definition) is 1. The maximum Gasteiger partial charge on any atom is 0.314 e. The molecule has 1 aromatic carbocycles. The Kier molecular flexibility index (Phi) is 3.23. The van der Waals surface area contributed by atoms with E-state index in [9.17, 15) is 9.90 Å². The summed E-state index contributed by atoms with van der Waals surface area (Å²) >= 11 is 0. The molecule has 0 spiro atoms. The van der Waals surface area contributed by atoms with Gasteiger partial charge in [0.15, 0.2) is 0 Å². The molecule has 1 fully saturated rings. The van der Waals surface area contributed by atoms with E-state index in [-0.39, 0.29) is 0 Å². The molecule has 0 amide bonds. The zero-order valence-corrected chi connectivity index (χ0v) is 10.6. The molecule has 1 N–H and O–H groups in total. The molecule has 0 saturated heterocycles. The monoisotopic (exact) mass is 232 g/mol. The largest absolute Gasteiger partial charge is 0.481 e. The molecular weight excluding hydrogens is 212 g/mol. The Morgan fingerprint density at radius 2 is 1.88 bits per heavy atom. The lowest BCUT2D eigenvalue weighted by Crippen LogP contribution is -2.42. The van der Waals surface area contributed by atoms with Crippen LogP contribution >= 0.6 is 0 Å². The van der Waals surface area contributed by atoms with Crippen LogP contribution in [-0.4, -0.2) is 11.1 Å². The van der Waals surface area contributed by atoms with Crippen molar-refractivity contribution >= 4 is 5.97 Å². The van der Waals surface area contributed by atoms with Gasteiger partial charge in [0.1, 0.15) is 0 Å². The normalized spacial score (nSPS) is 17.5. The summed E-state index contributed by atoms with van der Waals surface area (Å²) in [5.74, 6) is -0.657. The van der Waals surface area contributed by atoms with Gasteiger partial charge >= 0.3 is 5.97 Å². The van der Waals surface area contributed by atoms with Crippen molar-refractivity contribution in [1.82, 2.24) is 0 Å². The van der Waals surface area contributed by atoms with Crippen LogP contribution in [0.15, 0.2) is 18.2 Å². The van der Waals surface area contributed by atoms with Gasteiger partial charge < -0.3 is 5.11 Å². The number of carbonyl (C=O) groups is 1. The van der Waals surface area contributed by atoms with Gasteiger partial charge in [0, 0.05) is 0 Å². The Morgan fingerprint density at radius 3 is 2.29 bits per heavy atom. The van der Waals surface area contributed by atoms with E-state index in [4.69, 9.17) is 0 Å². The molecule has 2 heteroatoms. The van der Waals surface area contributed by atoms with E-state index >= 15 is 0 Å². The molecule has 1 saturated carbocycles. The third-order valence-electron chi connectivity index (χ3n) is 4.14. The highest BCUT2D eigenvalue weighted by Gasteiger charge is 2.45. The first kappa shape index (κ1) is 12.2. The fourth-order valence-electron chi connectivity index (χ4n) is 2.75. The molecule has 0 unspecified atom stereocenters. The minimum absolute atomic E-state index is 0.587. The SMILES string of the molecule is CCc1ccc(C2(C(=O)O)CCC2)cc1CC. The van der Waals surface area contributed by atoms with Crippen LogP contribution < -0.4 is 0 Å². The van der Waals surface area contributed by atoms with Crippen molar-refractivity contribution in [2.75, 3.05) is 0 Å². The number of aryl methyl sites for hydroxylation is 2. The Hall–Kier alpha value is -1.31. The van der Waals surface area contributed by atoms with Crippen LogP contribution in [0.25, 0.3) is 0 Å². The lowest BCUT2D eigenvalue weighted by molar-refractivity contribution is -0.147. The van der Waals surface area contributed by atoms with E-state index in [2.05, 4.69) is 26.0 Å². The van der Waals surface area contributed by atoms with Crippen LogP contribution in [0.1, 0.15) is 49.8 Å². The highest BCUT2D eigenvalue weighted by molar-refractivity contribution is 5.82. The summed E-state index contributed by atoms with van der Waals surface area (Å²) in [4.78, 5) is 11.5. The number of rotatable bonds is 4. The van der Waals surface area contributed by atoms with Gasteiger partial charge in [-0.25, -0.2) is 0 Å². The van der Waals surface area contributed by atoms with Gasteiger partial charge in [0.25, 0.3) is 0 Å². The first-order valence-electron chi connectivity index (χ1n) is 6.49. The van der Waals surface area contributed by atoms with Crippen LogP contribution in [0.5, 0.6) is 0 Å².